The van der Waals surface area contributed by atoms with Gasteiger partial charge in [-0.3, -0.25) is 10.1 Å². The van der Waals surface area contributed by atoms with Crippen molar-refractivity contribution in [2.24, 2.45) is 0 Å². The standard InChI is InChI=1S/C14H21NO3/c1-2-3-4-5-9-12-14(16,15(17)18)13-10-7-6-8-11-13/h6-8,10-11,16H,2-5,9,12H2,1H3. The first-order chi connectivity index (χ1) is 8.61. The average Bonchev–Trinajstić information content (AvgIpc) is 2.39. The monoisotopic (exact) mass is 251 g/mol. The van der Waals surface area contributed by atoms with Crippen LogP contribution in [-0.4, -0.2) is 10.0 Å². The van der Waals surface area contributed by atoms with E-state index < -0.39 is 10.6 Å². The van der Waals surface area contributed by atoms with Crippen LogP contribution in [-0.2, 0) is 5.72 Å². The van der Waals surface area contributed by atoms with Crippen molar-refractivity contribution in [2.75, 3.05) is 0 Å². The minimum Gasteiger partial charge on any atom is -0.327 e. The molecule has 0 spiro atoms. The van der Waals surface area contributed by atoms with Crippen molar-refractivity contribution in [2.45, 2.75) is 51.2 Å². The van der Waals surface area contributed by atoms with E-state index in [4.69, 9.17) is 0 Å². The molecule has 1 aromatic rings. The Morgan fingerprint density at radius 1 is 1.17 bits per heavy atom. The van der Waals surface area contributed by atoms with Gasteiger partial charge in [0.15, 0.2) is 0 Å². The van der Waals surface area contributed by atoms with Crippen LogP contribution in [0.2, 0.25) is 0 Å². The molecule has 0 aliphatic rings. The molecule has 1 atom stereocenters. The number of nitrogens with zero attached hydrogens (tertiary/aromatic N) is 1. The maximum Gasteiger partial charge on any atom is 0.348 e. The van der Waals surface area contributed by atoms with Crippen LogP contribution in [0.3, 0.4) is 0 Å². The summed E-state index contributed by atoms with van der Waals surface area (Å²) in [5.74, 6) is 0. The van der Waals surface area contributed by atoms with Crippen molar-refractivity contribution >= 4 is 0 Å². The average molecular weight is 251 g/mol. The third-order valence-corrected chi connectivity index (χ3v) is 3.17. The lowest BCUT2D eigenvalue weighted by molar-refractivity contribution is -0.637. The van der Waals surface area contributed by atoms with Crippen molar-refractivity contribution < 1.29 is 10.0 Å². The smallest absolute Gasteiger partial charge is 0.327 e. The Labute approximate surface area is 108 Å². The van der Waals surface area contributed by atoms with Gasteiger partial charge in [-0.25, -0.2) is 0 Å². The fourth-order valence-electron chi connectivity index (χ4n) is 2.02. The largest absolute Gasteiger partial charge is 0.348 e. The first kappa shape index (κ1) is 14.6. The SMILES string of the molecule is CCCCCCCC(O)(c1ccccc1)[N+](=O)[O-]. The minimum atomic E-state index is -1.94. The van der Waals surface area contributed by atoms with E-state index in [1.807, 2.05) is 0 Å². The van der Waals surface area contributed by atoms with Gasteiger partial charge in [-0.15, -0.1) is 0 Å². The Morgan fingerprint density at radius 2 is 1.78 bits per heavy atom. The summed E-state index contributed by atoms with van der Waals surface area (Å²) in [6.07, 6.45) is 5.12. The number of benzene rings is 1. The molecule has 1 aromatic carbocycles. The Kier molecular flexibility index (Phi) is 5.78. The molecule has 0 saturated carbocycles. The molecule has 0 amide bonds. The third kappa shape index (κ3) is 3.81. The Bertz CT molecular complexity index is 367. The molecule has 0 aliphatic carbocycles. The number of rotatable bonds is 8. The quantitative estimate of drug-likeness (QED) is 0.333. The zero-order valence-electron chi connectivity index (χ0n) is 10.8. The fourth-order valence-corrected chi connectivity index (χ4v) is 2.02. The number of hydrogen-bond donors (Lipinski definition) is 1. The molecule has 4 heteroatoms. The molecule has 0 aliphatic heterocycles. The summed E-state index contributed by atoms with van der Waals surface area (Å²) in [4.78, 5) is 10.5. The summed E-state index contributed by atoms with van der Waals surface area (Å²) in [6, 6.07) is 8.41. The second-order valence-electron chi connectivity index (χ2n) is 4.60. The van der Waals surface area contributed by atoms with E-state index in [-0.39, 0.29) is 6.42 Å². The van der Waals surface area contributed by atoms with E-state index in [2.05, 4.69) is 6.92 Å². The lowest BCUT2D eigenvalue weighted by Crippen LogP contribution is -2.35. The number of aliphatic hydroxyl groups is 1. The summed E-state index contributed by atoms with van der Waals surface area (Å²) >= 11 is 0. The summed E-state index contributed by atoms with van der Waals surface area (Å²) in [5.41, 5.74) is -1.57. The lowest BCUT2D eigenvalue weighted by Gasteiger charge is -2.19. The highest BCUT2D eigenvalue weighted by Gasteiger charge is 2.41. The van der Waals surface area contributed by atoms with Gasteiger partial charge >= 0.3 is 5.72 Å². The number of nitro groups is 1. The molecule has 0 fully saturated rings. The van der Waals surface area contributed by atoms with Gasteiger partial charge in [0.1, 0.15) is 0 Å². The molecule has 1 N–H and O–H groups in total. The van der Waals surface area contributed by atoms with Crippen molar-refractivity contribution in [3.8, 4) is 0 Å². The second-order valence-corrected chi connectivity index (χ2v) is 4.60. The van der Waals surface area contributed by atoms with Gasteiger partial charge < -0.3 is 5.11 Å². The Hall–Kier alpha value is -1.42. The molecule has 100 valence electrons. The van der Waals surface area contributed by atoms with Gasteiger partial charge in [-0.05, 0) is 18.6 Å². The highest BCUT2D eigenvalue weighted by atomic mass is 16.7. The molecule has 1 rings (SSSR count). The van der Waals surface area contributed by atoms with Gasteiger partial charge in [-0.2, -0.15) is 0 Å². The fraction of sp³-hybridized carbons (Fsp3) is 0.571. The number of unbranched alkanes of at least 4 members (excludes halogenated alkanes) is 4. The first-order valence-electron chi connectivity index (χ1n) is 6.53. The zero-order chi connectivity index (χ0) is 13.4. The van der Waals surface area contributed by atoms with Crippen LogP contribution in [0.5, 0.6) is 0 Å². The molecule has 0 bridgehead atoms. The summed E-state index contributed by atoms with van der Waals surface area (Å²) in [6.45, 7) is 2.12. The molecule has 1 unspecified atom stereocenters. The van der Waals surface area contributed by atoms with Gasteiger partial charge in [0, 0.05) is 0 Å². The lowest BCUT2D eigenvalue weighted by atomic mass is 9.96. The molecule has 0 saturated heterocycles. The summed E-state index contributed by atoms with van der Waals surface area (Å²) < 4.78 is 0. The van der Waals surface area contributed by atoms with E-state index in [0.29, 0.717) is 12.0 Å². The molecular formula is C14H21NO3. The van der Waals surface area contributed by atoms with Gasteiger partial charge in [0.2, 0.25) is 0 Å². The van der Waals surface area contributed by atoms with Gasteiger partial charge in [-0.1, -0.05) is 50.8 Å². The van der Waals surface area contributed by atoms with E-state index in [9.17, 15) is 15.2 Å². The minimum absolute atomic E-state index is 0.174. The van der Waals surface area contributed by atoms with Crippen molar-refractivity contribution in [3.05, 3.63) is 46.0 Å². The molecule has 4 nitrogen and oxygen atoms in total. The normalized spacial score (nSPS) is 14.1. The van der Waals surface area contributed by atoms with E-state index >= 15 is 0 Å². The van der Waals surface area contributed by atoms with E-state index in [1.54, 1.807) is 30.3 Å². The van der Waals surface area contributed by atoms with Crippen molar-refractivity contribution in [3.63, 3.8) is 0 Å². The molecular weight excluding hydrogens is 230 g/mol. The molecule has 0 heterocycles. The summed E-state index contributed by atoms with van der Waals surface area (Å²) in [7, 11) is 0. The van der Waals surface area contributed by atoms with Crippen LogP contribution >= 0.6 is 0 Å². The topological polar surface area (TPSA) is 63.4 Å². The predicted octanol–water partition coefficient (Wildman–Crippen LogP) is 3.47. The second kappa shape index (κ2) is 7.11. The van der Waals surface area contributed by atoms with Crippen molar-refractivity contribution in [1.82, 2.24) is 0 Å². The van der Waals surface area contributed by atoms with Crippen LogP contribution in [0.1, 0.15) is 51.0 Å². The molecule has 0 aromatic heterocycles. The van der Waals surface area contributed by atoms with Crippen LogP contribution in [0.25, 0.3) is 0 Å². The van der Waals surface area contributed by atoms with E-state index in [0.717, 1.165) is 25.7 Å². The first-order valence-corrected chi connectivity index (χ1v) is 6.53. The predicted molar refractivity (Wildman–Crippen MR) is 70.7 cm³/mol. The van der Waals surface area contributed by atoms with Crippen LogP contribution in [0.4, 0.5) is 0 Å². The van der Waals surface area contributed by atoms with E-state index in [1.165, 1.54) is 0 Å². The van der Waals surface area contributed by atoms with Gasteiger partial charge in [0.05, 0.1) is 16.9 Å². The maximum absolute atomic E-state index is 11.1. The van der Waals surface area contributed by atoms with Crippen LogP contribution < -0.4 is 0 Å². The maximum atomic E-state index is 11.1. The van der Waals surface area contributed by atoms with Crippen LogP contribution in [0.15, 0.2) is 30.3 Å². The Morgan fingerprint density at radius 3 is 2.33 bits per heavy atom. The zero-order valence-corrected chi connectivity index (χ0v) is 10.8. The Balaban J connectivity index is 2.62. The summed E-state index contributed by atoms with van der Waals surface area (Å²) in [5, 5.41) is 21.3. The van der Waals surface area contributed by atoms with Gasteiger partial charge in [0.25, 0.3) is 0 Å². The number of hydrogen-bond acceptors (Lipinski definition) is 3. The molecule has 0 radical (unpaired) electrons. The molecule has 18 heavy (non-hydrogen) atoms. The highest BCUT2D eigenvalue weighted by molar-refractivity contribution is 5.19. The van der Waals surface area contributed by atoms with Crippen LogP contribution in [0, 0.1) is 10.1 Å². The highest BCUT2D eigenvalue weighted by Crippen LogP contribution is 2.28. The van der Waals surface area contributed by atoms with Crippen molar-refractivity contribution in [1.29, 1.82) is 0 Å². The third-order valence-electron chi connectivity index (χ3n) is 3.17.